The average Bonchev–Trinajstić information content (AvgIpc) is 2.26. The molecule has 1 aromatic rings. The lowest BCUT2D eigenvalue weighted by Crippen LogP contribution is -2.11. The van der Waals surface area contributed by atoms with Crippen molar-refractivity contribution < 1.29 is 14.6 Å². The average molecular weight is 250 g/mol. The van der Waals surface area contributed by atoms with Crippen LogP contribution in [0.5, 0.6) is 5.75 Å². The molecule has 1 N–H and O–H groups in total. The molecule has 0 aliphatic rings. The number of hydrogen-bond acceptors (Lipinski definition) is 2. The molecule has 0 saturated heterocycles. The Morgan fingerprint density at radius 1 is 1.28 bits per heavy atom. The van der Waals surface area contributed by atoms with E-state index >= 15 is 0 Å². The first-order chi connectivity index (χ1) is 8.41. The van der Waals surface area contributed by atoms with Gasteiger partial charge in [-0.15, -0.1) is 0 Å². The zero-order chi connectivity index (χ0) is 13.7. The SMILES string of the molecule is Cc1cc(C)c(OCCCC(C)C(=O)O)c(C)c1. The Kier molecular flexibility index (Phi) is 5.20. The number of carboxylic acids is 1. The zero-order valence-corrected chi connectivity index (χ0v) is 11.6. The fourth-order valence-electron chi connectivity index (χ4n) is 2.08. The van der Waals surface area contributed by atoms with Gasteiger partial charge < -0.3 is 9.84 Å². The van der Waals surface area contributed by atoms with E-state index < -0.39 is 5.97 Å². The number of carbonyl (C=O) groups is 1. The molecule has 0 aliphatic carbocycles. The second-order valence-corrected chi connectivity index (χ2v) is 4.96. The van der Waals surface area contributed by atoms with Gasteiger partial charge >= 0.3 is 5.97 Å². The molecule has 0 saturated carbocycles. The minimum atomic E-state index is -0.738. The molecule has 0 aliphatic heterocycles. The maximum Gasteiger partial charge on any atom is 0.306 e. The molecule has 0 fully saturated rings. The van der Waals surface area contributed by atoms with Crippen LogP contribution in [0, 0.1) is 26.7 Å². The summed E-state index contributed by atoms with van der Waals surface area (Å²) in [4.78, 5) is 10.7. The number of ether oxygens (including phenoxy) is 1. The Bertz CT molecular complexity index is 401. The van der Waals surface area contributed by atoms with Gasteiger partial charge in [0.2, 0.25) is 0 Å². The summed E-state index contributed by atoms with van der Waals surface area (Å²) >= 11 is 0. The molecule has 0 aromatic heterocycles. The molecule has 0 amide bonds. The highest BCUT2D eigenvalue weighted by molar-refractivity contribution is 5.69. The van der Waals surface area contributed by atoms with Crippen LogP contribution in [0.2, 0.25) is 0 Å². The first kappa shape index (κ1) is 14.6. The molecule has 3 heteroatoms. The van der Waals surface area contributed by atoms with Crippen molar-refractivity contribution >= 4 is 5.97 Å². The monoisotopic (exact) mass is 250 g/mol. The van der Waals surface area contributed by atoms with E-state index in [1.54, 1.807) is 6.92 Å². The van der Waals surface area contributed by atoms with Crippen molar-refractivity contribution in [3.8, 4) is 5.75 Å². The van der Waals surface area contributed by atoms with E-state index in [0.717, 1.165) is 23.3 Å². The van der Waals surface area contributed by atoms with Gasteiger partial charge in [0.1, 0.15) is 5.75 Å². The Labute approximate surface area is 109 Å². The largest absolute Gasteiger partial charge is 0.493 e. The van der Waals surface area contributed by atoms with Gasteiger partial charge in [0.05, 0.1) is 12.5 Å². The van der Waals surface area contributed by atoms with Crippen molar-refractivity contribution in [3.05, 3.63) is 28.8 Å². The highest BCUT2D eigenvalue weighted by Gasteiger charge is 2.10. The minimum absolute atomic E-state index is 0.297. The molecule has 100 valence electrons. The van der Waals surface area contributed by atoms with Gasteiger partial charge in [0.15, 0.2) is 0 Å². The lowest BCUT2D eigenvalue weighted by molar-refractivity contribution is -0.141. The molecular formula is C15H22O3. The van der Waals surface area contributed by atoms with Gasteiger partial charge in [0.25, 0.3) is 0 Å². The molecule has 1 aromatic carbocycles. The number of aryl methyl sites for hydroxylation is 3. The van der Waals surface area contributed by atoms with Crippen LogP contribution in [0.15, 0.2) is 12.1 Å². The lowest BCUT2D eigenvalue weighted by atomic mass is 10.1. The molecule has 0 heterocycles. The minimum Gasteiger partial charge on any atom is -0.493 e. The molecular weight excluding hydrogens is 228 g/mol. The van der Waals surface area contributed by atoms with Gasteiger partial charge in [-0.25, -0.2) is 0 Å². The number of carboxylic acid groups (broad SMARTS) is 1. The van der Waals surface area contributed by atoms with E-state index in [4.69, 9.17) is 9.84 Å². The topological polar surface area (TPSA) is 46.5 Å². The summed E-state index contributed by atoms with van der Waals surface area (Å²) in [6.07, 6.45) is 1.42. The second-order valence-electron chi connectivity index (χ2n) is 4.96. The summed E-state index contributed by atoms with van der Waals surface area (Å²) in [5.41, 5.74) is 3.51. The second kappa shape index (κ2) is 6.43. The predicted molar refractivity (Wildman–Crippen MR) is 72.2 cm³/mol. The van der Waals surface area contributed by atoms with E-state index in [-0.39, 0.29) is 5.92 Å². The van der Waals surface area contributed by atoms with Crippen LogP contribution in [0.25, 0.3) is 0 Å². The van der Waals surface area contributed by atoms with E-state index in [1.165, 1.54) is 5.56 Å². The van der Waals surface area contributed by atoms with Crippen LogP contribution in [0.4, 0.5) is 0 Å². The predicted octanol–water partition coefficient (Wildman–Crippen LogP) is 3.49. The molecule has 0 bridgehead atoms. The Balaban J connectivity index is 2.47. The molecule has 0 spiro atoms. The quantitative estimate of drug-likeness (QED) is 0.786. The maximum absolute atomic E-state index is 10.7. The van der Waals surface area contributed by atoms with Crippen LogP contribution in [-0.4, -0.2) is 17.7 Å². The smallest absolute Gasteiger partial charge is 0.306 e. The number of benzene rings is 1. The summed E-state index contributed by atoms with van der Waals surface area (Å²) < 4.78 is 5.76. The first-order valence-corrected chi connectivity index (χ1v) is 6.35. The molecule has 18 heavy (non-hydrogen) atoms. The van der Waals surface area contributed by atoms with Crippen molar-refractivity contribution in [3.63, 3.8) is 0 Å². The van der Waals surface area contributed by atoms with E-state index in [2.05, 4.69) is 19.1 Å². The molecule has 1 atom stereocenters. The van der Waals surface area contributed by atoms with Gasteiger partial charge in [0, 0.05) is 0 Å². The first-order valence-electron chi connectivity index (χ1n) is 6.35. The summed E-state index contributed by atoms with van der Waals surface area (Å²) in [7, 11) is 0. The Morgan fingerprint density at radius 2 is 1.83 bits per heavy atom. The third-order valence-corrected chi connectivity index (χ3v) is 3.05. The van der Waals surface area contributed by atoms with Gasteiger partial charge in [-0.05, 0) is 44.7 Å². The fourth-order valence-corrected chi connectivity index (χ4v) is 2.08. The summed E-state index contributed by atoms with van der Waals surface area (Å²) in [5.74, 6) is -0.102. The molecule has 3 nitrogen and oxygen atoms in total. The number of rotatable bonds is 6. The molecule has 0 radical (unpaired) electrons. The third kappa shape index (κ3) is 4.06. The van der Waals surface area contributed by atoms with Crippen LogP contribution in [0.3, 0.4) is 0 Å². The van der Waals surface area contributed by atoms with E-state index in [0.29, 0.717) is 13.0 Å². The summed E-state index contributed by atoms with van der Waals surface area (Å²) in [6, 6.07) is 4.20. The van der Waals surface area contributed by atoms with E-state index in [9.17, 15) is 4.79 Å². The normalized spacial score (nSPS) is 12.2. The van der Waals surface area contributed by atoms with Crippen molar-refractivity contribution in [2.75, 3.05) is 6.61 Å². The van der Waals surface area contributed by atoms with Crippen molar-refractivity contribution in [2.24, 2.45) is 5.92 Å². The van der Waals surface area contributed by atoms with Gasteiger partial charge in [-0.1, -0.05) is 24.6 Å². The van der Waals surface area contributed by atoms with Crippen LogP contribution < -0.4 is 4.74 Å². The highest BCUT2D eigenvalue weighted by atomic mass is 16.5. The summed E-state index contributed by atoms with van der Waals surface area (Å²) in [6.45, 7) is 8.44. The number of aliphatic carboxylic acids is 1. The Morgan fingerprint density at radius 3 is 2.33 bits per heavy atom. The molecule has 1 rings (SSSR count). The maximum atomic E-state index is 10.7. The summed E-state index contributed by atoms with van der Waals surface area (Å²) in [5, 5.41) is 8.78. The van der Waals surface area contributed by atoms with E-state index in [1.807, 2.05) is 13.8 Å². The number of hydrogen-bond donors (Lipinski definition) is 1. The fraction of sp³-hybridized carbons (Fsp3) is 0.533. The van der Waals surface area contributed by atoms with Crippen molar-refractivity contribution in [1.82, 2.24) is 0 Å². The molecule has 1 unspecified atom stereocenters. The Hall–Kier alpha value is -1.51. The standard InChI is InChI=1S/C15H22O3/c1-10-8-12(3)14(13(4)9-10)18-7-5-6-11(2)15(16)17/h8-9,11H,5-7H2,1-4H3,(H,16,17). The third-order valence-electron chi connectivity index (χ3n) is 3.05. The van der Waals surface area contributed by atoms with Crippen molar-refractivity contribution in [1.29, 1.82) is 0 Å². The zero-order valence-electron chi connectivity index (χ0n) is 11.6. The van der Waals surface area contributed by atoms with Crippen LogP contribution in [-0.2, 0) is 4.79 Å². The highest BCUT2D eigenvalue weighted by Crippen LogP contribution is 2.24. The van der Waals surface area contributed by atoms with Gasteiger partial charge in [-0.3, -0.25) is 4.79 Å². The lowest BCUT2D eigenvalue weighted by Gasteiger charge is -2.13. The van der Waals surface area contributed by atoms with Crippen LogP contribution >= 0.6 is 0 Å². The van der Waals surface area contributed by atoms with Crippen molar-refractivity contribution in [2.45, 2.75) is 40.5 Å². The van der Waals surface area contributed by atoms with Gasteiger partial charge in [-0.2, -0.15) is 0 Å². The van der Waals surface area contributed by atoms with Crippen LogP contribution in [0.1, 0.15) is 36.5 Å².